The molecule has 1 amide bonds. The van der Waals surface area contributed by atoms with Crippen LogP contribution in [0, 0.1) is 5.92 Å². The molecule has 4 nitrogen and oxygen atoms in total. The summed E-state index contributed by atoms with van der Waals surface area (Å²) < 4.78 is 5.95. The Balaban J connectivity index is 1.74. The lowest BCUT2D eigenvalue weighted by molar-refractivity contribution is -0.124. The molecule has 1 heterocycles. The maximum absolute atomic E-state index is 11.7. The first-order chi connectivity index (χ1) is 8.60. The lowest BCUT2D eigenvalue weighted by Gasteiger charge is -2.43. The van der Waals surface area contributed by atoms with E-state index in [1.165, 1.54) is 0 Å². The molecule has 0 aromatic rings. The zero-order chi connectivity index (χ0) is 13.0. The molecular formula is C14H26N2O2. The summed E-state index contributed by atoms with van der Waals surface area (Å²) in [5.41, 5.74) is 0.0531. The Labute approximate surface area is 110 Å². The Morgan fingerprint density at radius 2 is 2.17 bits per heavy atom. The van der Waals surface area contributed by atoms with Gasteiger partial charge in [-0.25, -0.2) is 0 Å². The first-order valence-electron chi connectivity index (χ1n) is 7.24. The zero-order valence-corrected chi connectivity index (χ0v) is 11.6. The largest absolute Gasteiger partial charge is 0.372 e. The second-order valence-electron chi connectivity index (χ2n) is 6.15. The number of amides is 1. The second kappa shape index (κ2) is 6.02. The van der Waals surface area contributed by atoms with Gasteiger partial charge in [0.15, 0.2) is 0 Å². The van der Waals surface area contributed by atoms with Gasteiger partial charge in [0.1, 0.15) is 0 Å². The van der Waals surface area contributed by atoms with Crippen molar-refractivity contribution in [3.63, 3.8) is 0 Å². The van der Waals surface area contributed by atoms with Crippen molar-refractivity contribution in [3.05, 3.63) is 0 Å². The van der Waals surface area contributed by atoms with Crippen molar-refractivity contribution >= 4 is 5.91 Å². The fourth-order valence-corrected chi connectivity index (χ4v) is 2.97. The molecule has 1 saturated heterocycles. The highest BCUT2D eigenvalue weighted by atomic mass is 16.5. The van der Waals surface area contributed by atoms with Crippen LogP contribution in [0.3, 0.4) is 0 Å². The molecule has 0 bridgehead atoms. The van der Waals surface area contributed by atoms with Gasteiger partial charge in [0, 0.05) is 25.6 Å². The van der Waals surface area contributed by atoms with E-state index in [4.69, 9.17) is 4.74 Å². The number of ether oxygens (including phenoxy) is 1. The maximum Gasteiger partial charge on any atom is 0.220 e. The Kier molecular flexibility index (Phi) is 4.62. The van der Waals surface area contributed by atoms with Crippen LogP contribution >= 0.6 is 0 Å². The summed E-state index contributed by atoms with van der Waals surface area (Å²) >= 11 is 0. The minimum Gasteiger partial charge on any atom is -0.372 e. The van der Waals surface area contributed by atoms with E-state index in [1.807, 2.05) is 0 Å². The summed E-state index contributed by atoms with van der Waals surface area (Å²) in [4.78, 5) is 11.7. The minimum absolute atomic E-state index is 0.0531. The molecule has 0 aromatic heterocycles. The number of morpholine rings is 1. The van der Waals surface area contributed by atoms with E-state index in [2.05, 4.69) is 24.5 Å². The molecule has 0 radical (unpaired) electrons. The summed E-state index contributed by atoms with van der Waals surface area (Å²) in [6, 6.07) is 0.354. The molecule has 2 fully saturated rings. The third-order valence-corrected chi connectivity index (χ3v) is 3.99. The van der Waals surface area contributed by atoms with Gasteiger partial charge in [-0.05, 0) is 31.6 Å². The average molecular weight is 254 g/mol. The summed E-state index contributed by atoms with van der Waals surface area (Å²) in [7, 11) is 0. The highest BCUT2D eigenvalue weighted by Gasteiger charge is 2.37. The van der Waals surface area contributed by atoms with Gasteiger partial charge in [0.25, 0.3) is 0 Å². The van der Waals surface area contributed by atoms with Crippen LogP contribution in [0.25, 0.3) is 0 Å². The van der Waals surface area contributed by atoms with Crippen LogP contribution in [0.1, 0.15) is 46.0 Å². The summed E-state index contributed by atoms with van der Waals surface area (Å²) in [5, 5.41) is 6.57. The topological polar surface area (TPSA) is 50.4 Å². The number of carbonyl (C=O) groups is 1. The Morgan fingerprint density at radius 3 is 2.72 bits per heavy atom. The van der Waals surface area contributed by atoms with Crippen LogP contribution in [-0.4, -0.2) is 37.2 Å². The van der Waals surface area contributed by atoms with E-state index >= 15 is 0 Å². The summed E-state index contributed by atoms with van der Waals surface area (Å²) in [6.07, 6.45) is 4.86. The smallest absolute Gasteiger partial charge is 0.220 e. The van der Waals surface area contributed by atoms with E-state index in [0.717, 1.165) is 45.4 Å². The number of nitrogens with one attached hydrogen (secondary N) is 2. The van der Waals surface area contributed by atoms with Crippen molar-refractivity contribution in [3.8, 4) is 0 Å². The lowest BCUT2D eigenvalue weighted by Crippen LogP contribution is -2.53. The fourth-order valence-electron chi connectivity index (χ4n) is 2.97. The third kappa shape index (κ3) is 3.69. The number of carbonyl (C=O) groups excluding carboxylic acids is 1. The van der Waals surface area contributed by atoms with E-state index in [-0.39, 0.29) is 11.5 Å². The number of hydrogen-bond donors (Lipinski definition) is 2. The van der Waals surface area contributed by atoms with Gasteiger partial charge in [-0.15, -0.1) is 0 Å². The first kappa shape index (κ1) is 13.8. The highest BCUT2D eigenvalue weighted by Crippen LogP contribution is 2.32. The van der Waals surface area contributed by atoms with E-state index in [0.29, 0.717) is 18.4 Å². The van der Waals surface area contributed by atoms with Gasteiger partial charge in [-0.2, -0.15) is 0 Å². The van der Waals surface area contributed by atoms with Crippen molar-refractivity contribution in [2.24, 2.45) is 5.92 Å². The number of rotatable bonds is 3. The number of hydrogen-bond acceptors (Lipinski definition) is 3. The second-order valence-corrected chi connectivity index (χ2v) is 6.15. The van der Waals surface area contributed by atoms with Gasteiger partial charge in [-0.1, -0.05) is 13.8 Å². The normalized spacial score (nSPS) is 32.7. The Morgan fingerprint density at radius 1 is 1.44 bits per heavy atom. The van der Waals surface area contributed by atoms with Gasteiger partial charge in [0.2, 0.25) is 5.91 Å². The highest BCUT2D eigenvalue weighted by molar-refractivity contribution is 5.76. The quantitative estimate of drug-likeness (QED) is 0.801. The molecule has 0 unspecified atom stereocenters. The Bertz CT molecular complexity index is 276. The van der Waals surface area contributed by atoms with Crippen molar-refractivity contribution in [2.45, 2.75) is 57.6 Å². The van der Waals surface area contributed by atoms with E-state index in [1.54, 1.807) is 0 Å². The lowest BCUT2D eigenvalue weighted by atomic mass is 9.81. The fraction of sp³-hybridized carbons (Fsp3) is 0.929. The minimum atomic E-state index is 0.0531. The van der Waals surface area contributed by atoms with Gasteiger partial charge < -0.3 is 15.4 Å². The molecule has 2 rings (SSSR count). The standard InChI is InChI=1S/C14H26N2O2/c1-11(2)9-13(17)16-12-3-5-14(6-4-12)10-15-7-8-18-14/h11-12,15H,3-10H2,1-2H3,(H,16,17). The summed E-state index contributed by atoms with van der Waals surface area (Å²) in [6.45, 7) is 6.92. The molecule has 104 valence electrons. The van der Waals surface area contributed by atoms with Crippen molar-refractivity contribution in [2.75, 3.05) is 19.7 Å². The van der Waals surface area contributed by atoms with Crippen molar-refractivity contribution < 1.29 is 9.53 Å². The van der Waals surface area contributed by atoms with Crippen LogP contribution in [-0.2, 0) is 9.53 Å². The molecule has 0 atom stereocenters. The maximum atomic E-state index is 11.7. The van der Waals surface area contributed by atoms with Gasteiger partial charge in [0.05, 0.1) is 12.2 Å². The molecule has 1 spiro atoms. The van der Waals surface area contributed by atoms with Crippen molar-refractivity contribution in [1.82, 2.24) is 10.6 Å². The molecular weight excluding hydrogens is 228 g/mol. The van der Waals surface area contributed by atoms with Crippen molar-refractivity contribution in [1.29, 1.82) is 0 Å². The van der Waals surface area contributed by atoms with Crippen LogP contribution in [0.2, 0.25) is 0 Å². The molecule has 1 saturated carbocycles. The molecule has 2 N–H and O–H groups in total. The van der Waals surface area contributed by atoms with E-state index < -0.39 is 0 Å². The SMILES string of the molecule is CC(C)CC(=O)NC1CCC2(CC1)CNCCO2. The predicted octanol–water partition coefficient (Wildman–Crippen LogP) is 1.45. The predicted molar refractivity (Wildman–Crippen MR) is 71.4 cm³/mol. The van der Waals surface area contributed by atoms with Gasteiger partial charge in [-0.3, -0.25) is 4.79 Å². The summed E-state index contributed by atoms with van der Waals surface area (Å²) in [5.74, 6) is 0.638. The van der Waals surface area contributed by atoms with Crippen LogP contribution < -0.4 is 10.6 Å². The zero-order valence-electron chi connectivity index (χ0n) is 11.6. The molecule has 18 heavy (non-hydrogen) atoms. The van der Waals surface area contributed by atoms with Gasteiger partial charge >= 0.3 is 0 Å². The van der Waals surface area contributed by atoms with Crippen LogP contribution in [0.5, 0.6) is 0 Å². The molecule has 0 aromatic carbocycles. The molecule has 1 aliphatic heterocycles. The molecule has 2 aliphatic rings. The van der Waals surface area contributed by atoms with Crippen LogP contribution in [0.4, 0.5) is 0 Å². The first-order valence-corrected chi connectivity index (χ1v) is 7.24. The average Bonchev–Trinajstić information content (AvgIpc) is 2.33. The molecule has 1 aliphatic carbocycles. The third-order valence-electron chi connectivity index (χ3n) is 3.99. The van der Waals surface area contributed by atoms with Crippen LogP contribution in [0.15, 0.2) is 0 Å². The van der Waals surface area contributed by atoms with E-state index in [9.17, 15) is 4.79 Å². The monoisotopic (exact) mass is 254 g/mol. The molecule has 4 heteroatoms. The Hall–Kier alpha value is -0.610.